The number of likely N-dealkylation sites (N-methyl/N-ethyl adjacent to an activating group) is 2. The van der Waals surface area contributed by atoms with E-state index in [4.69, 9.17) is 4.74 Å². The number of piperazine rings is 1. The topological polar surface area (TPSA) is 53.1 Å². The van der Waals surface area contributed by atoms with Crippen LogP contribution in [0.1, 0.15) is 10.4 Å². The lowest BCUT2D eigenvalue weighted by molar-refractivity contribution is -0.133. The molecular formula is C21H25N3O3. The van der Waals surface area contributed by atoms with Gasteiger partial charge < -0.3 is 19.4 Å². The van der Waals surface area contributed by atoms with Crippen LogP contribution in [0.3, 0.4) is 0 Å². The zero-order chi connectivity index (χ0) is 19.2. The molecule has 1 aliphatic heterocycles. The minimum Gasteiger partial charge on any atom is -0.457 e. The number of hydrogen-bond acceptors (Lipinski definition) is 4. The lowest BCUT2D eigenvalue weighted by Crippen LogP contribution is -2.50. The first-order valence-corrected chi connectivity index (χ1v) is 9.07. The first-order valence-electron chi connectivity index (χ1n) is 9.07. The third-order valence-electron chi connectivity index (χ3n) is 4.64. The molecule has 0 bridgehead atoms. The van der Waals surface area contributed by atoms with Crippen molar-refractivity contribution in [2.45, 2.75) is 0 Å². The highest BCUT2D eigenvalue weighted by atomic mass is 16.5. The Kier molecular flexibility index (Phi) is 6.08. The van der Waals surface area contributed by atoms with E-state index in [2.05, 4.69) is 4.90 Å². The van der Waals surface area contributed by atoms with Crippen LogP contribution >= 0.6 is 0 Å². The van der Waals surface area contributed by atoms with E-state index in [0.717, 1.165) is 13.1 Å². The Morgan fingerprint density at radius 1 is 0.963 bits per heavy atom. The first-order chi connectivity index (χ1) is 13.0. The highest BCUT2D eigenvalue weighted by Crippen LogP contribution is 2.22. The Labute approximate surface area is 159 Å². The van der Waals surface area contributed by atoms with Crippen LogP contribution in [-0.2, 0) is 4.79 Å². The fraction of sp³-hybridized carbons (Fsp3) is 0.333. The molecule has 3 rings (SSSR count). The summed E-state index contributed by atoms with van der Waals surface area (Å²) in [6, 6.07) is 16.4. The summed E-state index contributed by atoms with van der Waals surface area (Å²) in [5, 5.41) is 0. The molecule has 1 aliphatic rings. The van der Waals surface area contributed by atoms with Crippen molar-refractivity contribution in [2.75, 3.05) is 46.8 Å². The van der Waals surface area contributed by atoms with Gasteiger partial charge in [-0.05, 0) is 37.4 Å². The van der Waals surface area contributed by atoms with Crippen molar-refractivity contribution in [2.24, 2.45) is 0 Å². The molecule has 0 aromatic heterocycles. The summed E-state index contributed by atoms with van der Waals surface area (Å²) in [7, 11) is 3.70. The van der Waals surface area contributed by atoms with E-state index in [9.17, 15) is 9.59 Å². The van der Waals surface area contributed by atoms with Gasteiger partial charge in [-0.25, -0.2) is 0 Å². The Hall–Kier alpha value is -2.86. The lowest BCUT2D eigenvalue weighted by Gasteiger charge is -2.33. The van der Waals surface area contributed by atoms with Gasteiger partial charge in [-0.2, -0.15) is 0 Å². The fourth-order valence-electron chi connectivity index (χ4n) is 2.97. The van der Waals surface area contributed by atoms with Gasteiger partial charge in [0, 0.05) is 38.8 Å². The SMILES string of the molecule is CN1CCN(C(=O)CN(C)C(=O)c2cccc(Oc3ccccc3)c2)CC1. The van der Waals surface area contributed by atoms with Gasteiger partial charge in [-0.1, -0.05) is 24.3 Å². The molecular weight excluding hydrogens is 342 g/mol. The van der Waals surface area contributed by atoms with Crippen LogP contribution in [0.25, 0.3) is 0 Å². The predicted molar refractivity (Wildman–Crippen MR) is 104 cm³/mol. The minimum absolute atomic E-state index is 0.0179. The van der Waals surface area contributed by atoms with E-state index < -0.39 is 0 Å². The number of hydrogen-bond donors (Lipinski definition) is 0. The van der Waals surface area contributed by atoms with E-state index in [1.54, 1.807) is 31.3 Å². The molecule has 0 spiro atoms. The van der Waals surface area contributed by atoms with Crippen LogP contribution in [0.4, 0.5) is 0 Å². The van der Waals surface area contributed by atoms with Crippen molar-refractivity contribution in [3.63, 3.8) is 0 Å². The van der Waals surface area contributed by atoms with Crippen LogP contribution in [0.5, 0.6) is 11.5 Å². The maximum Gasteiger partial charge on any atom is 0.254 e. The summed E-state index contributed by atoms with van der Waals surface area (Å²) in [6.45, 7) is 3.21. The van der Waals surface area contributed by atoms with Crippen molar-refractivity contribution in [3.05, 3.63) is 60.2 Å². The number of ether oxygens (including phenoxy) is 1. The lowest BCUT2D eigenvalue weighted by atomic mass is 10.2. The molecule has 2 aromatic rings. The normalized spacial score (nSPS) is 14.7. The molecule has 2 aromatic carbocycles. The zero-order valence-electron chi connectivity index (χ0n) is 15.8. The van der Waals surface area contributed by atoms with Crippen molar-refractivity contribution in [3.8, 4) is 11.5 Å². The van der Waals surface area contributed by atoms with Gasteiger partial charge in [0.2, 0.25) is 5.91 Å². The molecule has 0 atom stereocenters. The molecule has 0 N–H and O–H groups in total. The number of carbonyl (C=O) groups excluding carboxylic acids is 2. The van der Waals surface area contributed by atoms with Gasteiger partial charge in [-0.15, -0.1) is 0 Å². The van der Waals surface area contributed by atoms with Crippen molar-refractivity contribution in [1.82, 2.24) is 14.7 Å². The molecule has 0 aliphatic carbocycles. The summed E-state index contributed by atoms with van der Waals surface area (Å²) in [5.74, 6) is 1.08. The number of para-hydroxylation sites is 1. The Balaban J connectivity index is 1.61. The van der Waals surface area contributed by atoms with Gasteiger partial charge in [0.1, 0.15) is 11.5 Å². The summed E-state index contributed by atoms with van der Waals surface area (Å²) in [6.07, 6.45) is 0. The van der Waals surface area contributed by atoms with Gasteiger partial charge in [0.05, 0.1) is 6.54 Å². The maximum atomic E-state index is 12.7. The van der Waals surface area contributed by atoms with Crippen LogP contribution in [0.2, 0.25) is 0 Å². The van der Waals surface area contributed by atoms with Gasteiger partial charge in [-0.3, -0.25) is 9.59 Å². The van der Waals surface area contributed by atoms with Crippen molar-refractivity contribution < 1.29 is 14.3 Å². The molecule has 1 saturated heterocycles. The highest BCUT2D eigenvalue weighted by Gasteiger charge is 2.22. The molecule has 0 saturated carbocycles. The van der Waals surface area contributed by atoms with E-state index in [1.165, 1.54) is 4.90 Å². The smallest absolute Gasteiger partial charge is 0.254 e. The molecule has 2 amide bonds. The Morgan fingerprint density at radius 3 is 2.33 bits per heavy atom. The van der Waals surface area contributed by atoms with Crippen LogP contribution < -0.4 is 4.74 Å². The number of nitrogens with zero attached hydrogens (tertiary/aromatic N) is 3. The molecule has 1 fully saturated rings. The second kappa shape index (κ2) is 8.68. The van der Waals surface area contributed by atoms with Gasteiger partial charge >= 0.3 is 0 Å². The van der Waals surface area contributed by atoms with E-state index in [1.807, 2.05) is 42.3 Å². The quantitative estimate of drug-likeness (QED) is 0.814. The zero-order valence-corrected chi connectivity index (χ0v) is 15.8. The molecule has 142 valence electrons. The summed E-state index contributed by atoms with van der Waals surface area (Å²) in [5.41, 5.74) is 0.497. The third kappa shape index (κ3) is 5.08. The number of rotatable bonds is 5. The minimum atomic E-state index is -0.198. The van der Waals surface area contributed by atoms with E-state index in [0.29, 0.717) is 30.2 Å². The van der Waals surface area contributed by atoms with Gasteiger partial charge in [0.25, 0.3) is 5.91 Å². The average molecular weight is 367 g/mol. The molecule has 6 heteroatoms. The standard InChI is InChI=1S/C21H25N3O3/c1-22-11-13-24(14-12-22)20(25)16-23(2)21(26)17-7-6-10-19(15-17)27-18-8-4-3-5-9-18/h3-10,15H,11-14,16H2,1-2H3. The molecule has 0 unspecified atom stereocenters. The average Bonchev–Trinajstić information content (AvgIpc) is 2.69. The van der Waals surface area contributed by atoms with E-state index >= 15 is 0 Å². The van der Waals surface area contributed by atoms with E-state index in [-0.39, 0.29) is 18.4 Å². The Bertz CT molecular complexity index is 786. The molecule has 6 nitrogen and oxygen atoms in total. The maximum absolute atomic E-state index is 12.7. The monoisotopic (exact) mass is 367 g/mol. The van der Waals surface area contributed by atoms with Crippen molar-refractivity contribution >= 4 is 11.8 Å². The number of amides is 2. The molecule has 27 heavy (non-hydrogen) atoms. The van der Waals surface area contributed by atoms with Crippen LogP contribution in [0, 0.1) is 0 Å². The molecule has 0 radical (unpaired) electrons. The Morgan fingerprint density at radius 2 is 1.63 bits per heavy atom. The first kappa shape index (κ1) is 18.9. The highest BCUT2D eigenvalue weighted by molar-refractivity contribution is 5.96. The second-order valence-electron chi connectivity index (χ2n) is 6.79. The summed E-state index contributed by atoms with van der Waals surface area (Å²) < 4.78 is 5.78. The number of carbonyl (C=O) groups is 2. The second-order valence-corrected chi connectivity index (χ2v) is 6.79. The largest absolute Gasteiger partial charge is 0.457 e. The molecule has 1 heterocycles. The number of benzene rings is 2. The summed E-state index contributed by atoms with van der Waals surface area (Å²) >= 11 is 0. The predicted octanol–water partition coefficient (Wildman–Crippen LogP) is 2.32. The van der Waals surface area contributed by atoms with Crippen molar-refractivity contribution in [1.29, 1.82) is 0 Å². The fourth-order valence-corrected chi connectivity index (χ4v) is 2.97. The van der Waals surface area contributed by atoms with Gasteiger partial charge in [0.15, 0.2) is 0 Å². The summed E-state index contributed by atoms with van der Waals surface area (Å²) in [4.78, 5) is 30.6. The van der Waals surface area contributed by atoms with Crippen LogP contribution in [-0.4, -0.2) is 73.3 Å². The van der Waals surface area contributed by atoms with Crippen LogP contribution in [0.15, 0.2) is 54.6 Å². The third-order valence-corrected chi connectivity index (χ3v) is 4.64.